The number of rotatable bonds is 5. The number of nitriles is 2. The average molecular weight is 411 g/mol. The molecule has 8 nitrogen and oxygen atoms in total. The normalized spacial score (nSPS) is 10.3. The van der Waals surface area contributed by atoms with Crippen molar-refractivity contribution in [3.63, 3.8) is 0 Å². The van der Waals surface area contributed by atoms with Crippen LogP contribution < -0.4 is 5.56 Å². The number of hydrogen-bond acceptors (Lipinski definition) is 7. The van der Waals surface area contributed by atoms with Crippen LogP contribution in [0.3, 0.4) is 0 Å². The standard InChI is InChI=1S/C21H13N7OS/c22-10-16-19(15-8-6-14(7-9-15)13-4-2-1-3-5-13)17(11-23)21(24-20(16)29)30-12-18-25-27-28-26-18/h1-9H,12H2,(H,24,29)(H,25,26,27,28). The van der Waals surface area contributed by atoms with Crippen molar-refractivity contribution in [3.8, 4) is 34.4 Å². The Balaban J connectivity index is 1.79. The highest BCUT2D eigenvalue weighted by molar-refractivity contribution is 7.98. The Morgan fingerprint density at radius 2 is 1.57 bits per heavy atom. The van der Waals surface area contributed by atoms with Gasteiger partial charge < -0.3 is 4.98 Å². The van der Waals surface area contributed by atoms with E-state index < -0.39 is 5.56 Å². The molecule has 0 spiro atoms. The van der Waals surface area contributed by atoms with Crippen LogP contribution >= 0.6 is 11.8 Å². The summed E-state index contributed by atoms with van der Waals surface area (Å²) in [6.45, 7) is 0. The first-order valence-electron chi connectivity index (χ1n) is 8.82. The lowest BCUT2D eigenvalue weighted by atomic mass is 9.95. The van der Waals surface area contributed by atoms with Crippen LogP contribution in [0.5, 0.6) is 0 Å². The van der Waals surface area contributed by atoms with Crippen molar-refractivity contribution in [1.82, 2.24) is 25.6 Å². The second-order valence-electron chi connectivity index (χ2n) is 6.19. The molecule has 0 atom stereocenters. The maximum atomic E-state index is 12.5. The first kappa shape index (κ1) is 19.1. The minimum Gasteiger partial charge on any atom is -0.315 e. The highest BCUT2D eigenvalue weighted by Crippen LogP contribution is 2.33. The van der Waals surface area contributed by atoms with Crippen LogP contribution in [-0.2, 0) is 5.75 Å². The number of aromatic nitrogens is 5. The SMILES string of the molecule is N#Cc1c(SCc2nn[nH]n2)[nH]c(=O)c(C#N)c1-c1ccc(-c2ccccc2)cc1. The summed E-state index contributed by atoms with van der Waals surface area (Å²) in [5.74, 6) is 0.738. The smallest absolute Gasteiger partial charge is 0.267 e. The molecule has 0 amide bonds. The third-order valence-corrected chi connectivity index (χ3v) is 5.42. The van der Waals surface area contributed by atoms with E-state index in [0.717, 1.165) is 11.1 Å². The summed E-state index contributed by atoms with van der Waals surface area (Å²) in [5.41, 5.74) is 2.57. The Kier molecular flexibility index (Phi) is 5.37. The van der Waals surface area contributed by atoms with E-state index >= 15 is 0 Å². The summed E-state index contributed by atoms with van der Waals surface area (Å²) >= 11 is 1.20. The van der Waals surface area contributed by atoms with Gasteiger partial charge in [0, 0.05) is 5.56 Å². The number of H-pyrrole nitrogens is 2. The first-order chi connectivity index (χ1) is 14.7. The highest BCUT2D eigenvalue weighted by Gasteiger charge is 2.20. The molecule has 2 aromatic heterocycles. The number of thioether (sulfide) groups is 1. The van der Waals surface area contributed by atoms with E-state index in [1.54, 1.807) is 0 Å². The van der Waals surface area contributed by atoms with Crippen molar-refractivity contribution in [1.29, 1.82) is 10.5 Å². The lowest BCUT2D eigenvalue weighted by Gasteiger charge is -2.11. The Morgan fingerprint density at radius 3 is 2.20 bits per heavy atom. The van der Waals surface area contributed by atoms with Gasteiger partial charge in [-0.3, -0.25) is 4.79 Å². The van der Waals surface area contributed by atoms with Crippen molar-refractivity contribution in [3.05, 3.63) is 81.9 Å². The molecule has 0 aliphatic heterocycles. The summed E-state index contributed by atoms with van der Waals surface area (Å²) in [7, 11) is 0. The molecule has 0 aliphatic carbocycles. The van der Waals surface area contributed by atoms with E-state index in [1.165, 1.54) is 11.8 Å². The summed E-state index contributed by atoms with van der Waals surface area (Å²) < 4.78 is 0. The molecule has 0 aliphatic rings. The predicted molar refractivity (Wildman–Crippen MR) is 111 cm³/mol. The quantitative estimate of drug-likeness (QED) is 0.481. The van der Waals surface area contributed by atoms with Crippen LogP contribution in [0.15, 0.2) is 64.4 Å². The van der Waals surface area contributed by atoms with Gasteiger partial charge in [-0.1, -0.05) is 71.6 Å². The fourth-order valence-corrected chi connectivity index (χ4v) is 3.88. The molecule has 4 aromatic rings. The Bertz CT molecular complexity index is 1320. The van der Waals surface area contributed by atoms with Crippen molar-refractivity contribution >= 4 is 11.8 Å². The third-order valence-electron chi connectivity index (χ3n) is 4.42. The van der Waals surface area contributed by atoms with Gasteiger partial charge in [0.05, 0.1) is 16.3 Å². The zero-order chi connectivity index (χ0) is 20.9. The van der Waals surface area contributed by atoms with Gasteiger partial charge in [0.25, 0.3) is 5.56 Å². The van der Waals surface area contributed by atoms with E-state index in [0.29, 0.717) is 27.7 Å². The number of tetrazole rings is 1. The maximum absolute atomic E-state index is 12.5. The second-order valence-corrected chi connectivity index (χ2v) is 7.18. The molecule has 0 fully saturated rings. The molecule has 0 saturated heterocycles. The van der Waals surface area contributed by atoms with Crippen LogP contribution in [0.1, 0.15) is 17.0 Å². The summed E-state index contributed by atoms with van der Waals surface area (Å²) in [6.07, 6.45) is 0. The Labute approximate surface area is 175 Å². The van der Waals surface area contributed by atoms with Crippen LogP contribution in [-0.4, -0.2) is 25.6 Å². The van der Waals surface area contributed by atoms with E-state index in [-0.39, 0.29) is 11.1 Å². The summed E-state index contributed by atoms with van der Waals surface area (Å²) in [5, 5.41) is 33.3. The van der Waals surface area contributed by atoms with Crippen molar-refractivity contribution in [2.45, 2.75) is 10.8 Å². The van der Waals surface area contributed by atoms with Gasteiger partial charge in [-0.25, -0.2) is 0 Å². The molecule has 0 bridgehead atoms. The molecule has 0 radical (unpaired) electrons. The number of hydrogen-bond donors (Lipinski definition) is 2. The predicted octanol–water partition coefficient (Wildman–Crippen LogP) is 3.26. The molecule has 2 aromatic carbocycles. The van der Waals surface area contributed by atoms with Gasteiger partial charge in [0.1, 0.15) is 17.7 Å². The van der Waals surface area contributed by atoms with E-state index in [4.69, 9.17) is 0 Å². The van der Waals surface area contributed by atoms with Crippen molar-refractivity contribution in [2.75, 3.05) is 0 Å². The minimum absolute atomic E-state index is 0.0945. The van der Waals surface area contributed by atoms with Crippen LogP contribution in [0.2, 0.25) is 0 Å². The van der Waals surface area contributed by atoms with Gasteiger partial charge in [-0.15, -0.1) is 10.2 Å². The number of pyridine rings is 1. The van der Waals surface area contributed by atoms with E-state index in [9.17, 15) is 15.3 Å². The maximum Gasteiger partial charge on any atom is 0.267 e. The molecule has 2 heterocycles. The van der Waals surface area contributed by atoms with Crippen LogP contribution in [0.4, 0.5) is 0 Å². The molecule has 144 valence electrons. The molecule has 9 heteroatoms. The van der Waals surface area contributed by atoms with Crippen molar-refractivity contribution < 1.29 is 0 Å². The number of nitrogens with zero attached hydrogens (tertiary/aromatic N) is 5. The fraction of sp³-hybridized carbons (Fsp3) is 0.0476. The third kappa shape index (κ3) is 3.70. The fourth-order valence-electron chi connectivity index (χ4n) is 3.03. The highest BCUT2D eigenvalue weighted by atomic mass is 32.2. The van der Waals surface area contributed by atoms with E-state index in [1.807, 2.05) is 60.7 Å². The Hall–Kier alpha value is -4.21. The first-order valence-corrected chi connectivity index (χ1v) is 9.81. The number of benzene rings is 2. The van der Waals surface area contributed by atoms with Crippen LogP contribution in [0.25, 0.3) is 22.3 Å². The lowest BCUT2D eigenvalue weighted by Crippen LogP contribution is -2.15. The summed E-state index contributed by atoms with van der Waals surface area (Å²) in [4.78, 5) is 15.2. The van der Waals surface area contributed by atoms with Crippen molar-refractivity contribution in [2.24, 2.45) is 0 Å². The molecule has 0 saturated carbocycles. The molecule has 2 N–H and O–H groups in total. The van der Waals surface area contributed by atoms with Crippen LogP contribution in [0, 0.1) is 22.7 Å². The molecule has 30 heavy (non-hydrogen) atoms. The topological polar surface area (TPSA) is 135 Å². The van der Waals surface area contributed by atoms with E-state index in [2.05, 4.69) is 31.7 Å². The molecular weight excluding hydrogens is 398 g/mol. The number of aromatic amines is 2. The Morgan fingerprint density at radius 1 is 0.900 bits per heavy atom. The van der Waals surface area contributed by atoms with Gasteiger partial charge in [0.2, 0.25) is 0 Å². The van der Waals surface area contributed by atoms with Gasteiger partial charge >= 0.3 is 0 Å². The second kappa shape index (κ2) is 8.43. The monoisotopic (exact) mass is 411 g/mol. The largest absolute Gasteiger partial charge is 0.315 e. The zero-order valence-electron chi connectivity index (χ0n) is 15.5. The molecule has 4 rings (SSSR count). The van der Waals surface area contributed by atoms with Gasteiger partial charge in [-0.05, 0) is 16.7 Å². The summed E-state index contributed by atoms with van der Waals surface area (Å²) in [6, 6.07) is 21.3. The average Bonchev–Trinajstić information content (AvgIpc) is 3.31. The molecule has 0 unspecified atom stereocenters. The zero-order valence-corrected chi connectivity index (χ0v) is 16.3. The number of nitrogens with one attached hydrogen (secondary N) is 2. The van der Waals surface area contributed by atoms with Gasteiger partial charge in [0.15, 0.2) is 5.82 Å². The molecular formula is C21H13N7OS. The lowest BCUT2D eigenvalue weighted by molar-refractivity contribution is 0.881. The minimum atomic E-state index is -0.547. The van der Waals surface area contributed by atoms with Gasteiger partial charge in [-0.2, -0.15) is 15.7 Å².